The molecule has 7 nitrogen and oxygen atoms in total. The SMILES string of the molecule is CC(NC(=O)c1cccc(C(=O)O)n1)C(=O)NC(C)(C)C. The predicted octanol–water partition coefficient (Wildman–Crippen LogP) is 0.813. The van der Waals surface area contributed by atoms with Crippen molar-refractivity contribution in [2.75, 3.05) is 0 Å². The van der Waals surface area contributed by atoms with Crippen LogP contribution in [-0.4, -0.2) is 39.5 Å². The fraction of sp³-hybridized carbons (Fsp3) is 0.429. The van der Waals surface area contributed by atoms with Crippen LogP contribution in [-0.2, 0) is 4.79 Å². The highest BCUT2D eigenvalue weighted by Crippen LogP contribution is 2.02. The maximum atomic E-state index is 12.0. The maximum absolute atomic E-state index is 12.0. The first-order chi connectivity index (χ1) is 9.60. The first-order valence-electron chi connectivity index (χ1n) is 6.43. The molecule has 0 aliphatic carbocycles. The number of nitrogens with one attached hydrogen (secondary N) is 2. The molecule has 21 heavy (non-hydrogen) atoms. The number of amides is 2. The Bertz CT molecular complexity index is 564. The number of carboxylic acid groups (broad SMARTS) is 1. The van der Waals surface area contributed by atoms with Gasteiger partial charge >= 0.3 is 5.97 Å². The summed E-state index contributed by atoms with van der Waals surface area (Å²) in [6, 6.07) is 3.34. The van der Waals surface area contributed by atoms with Crippen molar-refractivity contribution in [3.05, 3.63) is 29.6 Å². The molecule has 0 spiro atoms. The molecule has 0 aromatic carbocycles. The number of nitrogens with zero attached hydrogens (tertiary/aromatic N) is 1. The summed E-state index contributed by atoms with van der Waals surface area (Å²) in [6.07, 6.45) is 0. The van der Waals surface area contributed by atoms with E-state index in [1.165, 1.54) is 18.2 Å². The van der Waals surface area contributed by atoms with Gasteiger partial charge < -0.3 is 15.7 Å². The minimum atomic E-state index is -1.22. The van der Waals surface area contributed by atoms with Crippen LogP contribution in [0.5, 0.6) is 0 Å². The van der Waals surface area contributed by atoms with Crippen molar-refractivity contribution < 1.29 is 19.5 Å². The summed E-state index contributed by atoms with van der Waals surface area (Å²) in [5, 5.41) is 14.0. The average Bonchev–Trinajstić information content (AvgIpc) is 2.36. The van der Waals surface area contributed by atoms with E-state index in [1.807, 2.05) is 20.8 Å². The fourth-order valence-corrected chi connectivity index (χ4v) is 1.49. The van der Waals surface area contributed by atoms with Gasteiger partial charge in [0.2, 0.25) is 5.91 Å². The van der Waals surface area contributed by atoms with Crippen LogP contribution in [0.4, 0.5) is 0 Å². The van der Waals surface area contributed by atoms with Crippen LogP contribution in [0.1, 0.15) is 48.7 Å². The number of carbonyl (C=O) groups is 3. The van der Waals surface area contributed by atoms with Crippen molar-refractivity contribution in [1.82, 2.24) is 15.6 Å². The van der Waals surface area contributed by atoms with E-state index in [2.05, 4.69) is 15.6 Å². The first kappa shape index (κ1) is 16.6. The van der Waals surface area contributed by atoms with Gasteiger partial charge in [-0.05, 0) is 39.8 Å². The van der Waals surface area contributed by atoms with Gasteiger partial charge in [0.25, 0.3) is 5.91 Å². The molecule has 0 saturated heterocycles. The zero-order chi connectivity index (χ0) is 16.2. The molecule has 0 radical (unpaired) electrons. The topological polar surface area (TPSA) is 108 Å². The number of pyridine rings is 1. The Balaban J connectivity index is 2.75. The number of carbonyl (C=O) groups excluding carboxylic acids is 2. The van der Waals surface area contributed by atoms with Crippen molar-refractivity contribution in [2.24, 2.45) is 0 Å². The van der Waals surface area contributed by atoms with Gasteiger partial charge in [0.1, 0.15) is 17.4 Å². The monoisotopic (exact) mass is 293 g/mol. The highest BCUT2D eigenvalue weighted by Gasteiger charge is 2.21. The first-order valence-corrected chi connectivity index (χ1v) is 6.43. The van der Waals surface area contributed by atoms with Gasteiger partial charge in [-0.2, -0.15) is 0 Å². The average molecular weight is 293 g/mol. The predicted molar refractivity (Wildman–Crippen MR) is 76.0 cm³/mol. The standard InChI is InChI=1S/C14H19N3O4/c1-8(11(18)17-14(2,3)4)15-12(19)9-6-5-7-10(16-9)13(20)21/h5-8H,1-4H3,(H,15,19)(H,17,18)(H,20,21). The summed E-state index contributed by atoms with van der Waals surface area (Å²) in [5.41, 5.74) is -0.683. The Labute approximate surface area is 122 Å². The van der Waals surface area contributed by atoms with E-state index >= 15 is 0 Å². The summed E-state index contributed by atoms with van der Waals surface area (Å²) in [7, 11) is 0. The zero-order valence-electron chi connectivity index (χ0n) is 12.4. The van der Waals surface area contributed by atoms with Gasteiger partial charge in [0, 0.05) is 5.54 Å². The molecular formula is C14H19N3O4. The quantitative estimate of drug-likeness (QED) is 0.761. The van der Waals surface area contributed by atoms with Crippen LogP contribution in [0.2, 0.25) is 0 Å². The van der Waals surface area contributed by atoms with Crippen LogP contribution < -0.4 is 10.6 Å². The lowest BCUT2D eigenvalue weighted by Gasteiger charge is -2.23. The van der Waals surface area contributed by atoms with E-state index in [4.69, 9.17) is 5.11 Å². The second-order valence-corrected chi connectivity index (χ2v) is 5.65. The number of rotatable bonds is 4. The normalized spacial score (nSPS) is 12.4. The third kappa shape index (κ3) is 5.21. The molecule has 0 aliphatic rings. The lowest BCUT2D eigenvalue weighted by Crippen LogP contribution is -2.50. The highest BCUT2D eigenvalue weighted by molar-refractivity contribution is 5.97. The number of aromatic carboxylic acids is 1. The summed E-state index contributed by atoms with van der Waals surface area (Å²) in [5.74, 6) is -2.15. The molecule has 0 saturated carbocycles. The molecule has 1 aromatic rings. The molecule has 0 aliphatic heterocycles. The van der Waals surface area contributed by atoms with Gasteiger partial charge in [-0.15, -0.1) is 0 Å². The van der Waals surface area contributed by atoms with Crippen molar-refractivity contribution >= 4 is 17.8 Å². The van der Waals surface area contributed by atoms with Gasteiger partial charge in [-0.3, -0.25) is 9.59 Å². The van der Waals surface area contributed by atoms with Crippen molar-refractivity contribution in [3.8, 4) is 0 Å². The van der Waals surface area contributed by atoms with E-state index in [-0.39, 0.29) is 17.3 Å². The molecule has 7 heteroatoms. The number of aromatic nitrogens is 1. The van der Waals surface area contributed by atoms with Crippen LogP contribution in [0.15, 0.2) is 18.2 Å². The van der Waals surface area contributed by atoms with Gasteiger partial charge in [0.05, 0.1) is 0 Å². The van der Waals surface area contributed by atoms with Crippen LogP contribution in [0, 0.1) is 0 Å². The lowest BCUT2D eigenvalue weighted by atomic mass is 10.1. The summed E-state index contributed by atoms with van der Waals surface area (Å²) in [6.45, 7) is 7.03. The van der Waals surface area contributed by atoms with Gasteiger partial charge in [0.15, 0.2) is 0 Å². The van der Waals surface area contributed by atoms with E-state index in [1.54, 1.807) is 6.92 Å². The van der Waals surface area contributed by atoms with Gasteiger partial charge in [-0.25, -0.2) is 9.78 Å². The molecule has 2 amide bonds. The molecule has 3 N–H and O–H groups in total. The Morgan fingerprint density at radius 1 is 1.19 bits per heavy atom. The Morgan fingerprint density at radius 2 is 1.76 bits per heavy atom. The number of hydrogen-bond acceptors (Lipinski definition) is 4. The molecule has 1 aromatic heterocycles. The van der Waals surface area contributed by atoms with Gasteiger partial charge in [-0.1, -0.05) is 6.07 Å². The minimum absolute atomic E-state index is 0.0506. The number of carboxylic acids is 1. The van der Waals surface area contributed by atoms with E-state index in [9.17, 15) is 14.4 Å². The highest BCUT2D eigenvalue weighted by atomic mass is 16.4. The Morgan fingerprint density at radius 3 is 2.29 bits per heavy atom. The molecule has 0 fully saturated rings. The fourth-order valence-electron chi connectivity index (χ4n) is 1.49. The largest absolute Gasteiger partial charge is 0.477 e. The lowest BCUT2D eigenvalue weighted by molar-refractivity contribution is -0.124. The molecule has 1 heterocycles. The molecule has 114 valence electrons. The molecular weight excluding hydrogens is 274 g/mol. The Kier molecular flexibility index (Phi) is 5.02. The second kappa shape index (κ2) is 6.34. The smallest absolute Gasteiger partial charge is 0.354 e. The minimum Gasteiger partial charge on any atom is -0.477 e. The zero-order valence-corrected chi connectivity index (χ0v) is 12.4. The van der Waals surface area contributed by atoms with Crippen molar-refractivity contribution in [3.63, 3.8) is 0 Å². The maximum Gasteiger partial charge on any atom is 0.354 e. The summed E-state index contributed by atoms with van der Waals surface area (Å²) < 4.78 is 0. The van der Waals surface area contributed by atoms with E-state index in [0.717, 1.165) is 0 Å². The third-order valence-electron chi connectivity index (χ3n) is 2.44. The number of hydrogen-bond donors (Lipinski definition) is 3. The van der Waals surface area contributed by atoms with E-state index in [0.29, 0.717) is 0 Å². The summed E-state index contributed by atoms with van der Waals surface area (Å²) in [4.78, 5) is 38.3. The Hall–Kier alpha value is -2.44. The molecule has 0 bridgehead atoms. The van der Waals surface area contributed by atoms with Crippen molar-refractivity contribution in [2.45, 2.75) is 39.3 Å². The summed E-state index contributed by atoms with van der Waals surface area (Å²) >= 11 is 0. The van der Waals surface area contributed by atoms with Crippen LogP contribution in [0.3, 0.4) is 0 Å². The second-order valence-electron chi connectivity index (χ2n) is 5.65. The molecule has 1 rings (SSSR count). The van der Waals surface area contributed by atoms with E-state index < -0.39 is 23.5 Å². The van der Waals surface area contributed by atoms with Crippen LogP contribution >= 0.6 is 0 Å². The molecule has 1 atom stereocenters. The van der Waals surface area contributed by atoms with Crippen LogP contribution in [0.25, 0.3) is 0 Å². The van der Waals surface area contributed by atoms with Crippen molar-refractivity contribution in [1.29, 1.82) is 0 Å². The molecule has 1 unspecified atom stereocenters. The third-order valence-corrected chi connectivity index (χ3v) is 2.44.